The molecule has 0 fully saturated rings. The highest BCUT2D eigenvalue weighted by atomic mass is 19.3. The first-order valence-corrected chi connectivity index (χ1v) is 3.36. The summed E-state index contributed by atoms with van der Waals surface area (Å²) < 4.78 is 25.4. The Bertz CT molecular complexity index is 333. The van der Waals surface area contributed by atoms with E-state index in [0.717, 1.165) is 10.7 Å². The van der Waals surface area contributed by atoms with Gasteiger partial charge in [0.15, 0.2) is 5.84 Å². The smallest absolute Gasteiger partial charge is 0.280 e. The summed E-state index contributed by atoms with van der Waals surface area (Å²) in [6, 6.07) is 1.07. The van der Waals surface area contributed by atoms with Crippen molar-refractivity contribution in [3.05, 3.63) is 17.5 Å². The number of amidine groups is 1. The first kappa shape index (κ1) is 9.43. The molecule has 0 saturated carbocycles. The molecular formula is C6H8F2N4O. The molecule has 1 aromatic heterocycles. The van der Waals surface area contributed by atoms with Gasteiger partial charge in [-0.05, 0) is 6.07 Å². The summed E-state index contributed by atoms with van der Waals surface area (Å²) in [5.74, 6) is -0.289. The molecule has 0 bridgehead atoms. The average molecular weight is 190 g/mol. The number of hydrogen-bond acceptors (Lipinski definition) is 3. The van der Waals surface area contributed by atoms with Gasteiger partial charge in [-0.1, -0.05) is 5.16 Å². The van der Waals surface area contributed by atoms with Crippen LogP contribution in [0.1, 0.15) is 17.8 Å². The third-order valence-electron chi connectivity index (χ3n) is 1.51. The van der Waals surface area contributed by atoms with Crippen LogP contribution in [0.2, 0.25) is 0 Å². The molecule has 0 unspecified atom stereocenters. The minimum atomic E-state index is -2.63. The monoisotopic (exact) mass is 190 g/mol. The molecule has 72 valence electrons. The van der Waals surface area contributed by atoms with Crippen LogP contribution < -0.4 is 5.73 Å². The first-order valence-electron chi connectivity index (χ1n) is 3.36. The lowest BCUT2D eigenvalue weighted by Gasteiger charge is -1.96. The van der Waals surface area contributed by atoms with Gasteiger partial charge in [0.25, 0.3) is 6.43 Å². The number of aromatic nitrogens is 2. The molecule has 0 spiro atoms. The van der Waals surface area contributed by atoms with E-state index in [1.807, 2.05) is 0 Å². The second kappa shape index (κ2) is 3.38. The largest absolute Gasteiger partial charge is 0.409 e. The van der Waals surface area contributed by atoms with Crippen LogP contribution in [0, 0.1) is 0 Å². The third-order valence-corrected chi connectivity index (χ3v) is 1.51. The molecule has 1 rings (SSSR count). The molecule has 0 amide bonds. The highest BCUT2D eigenvalue weighted by Crippen LogP contribution is 2.18. The molecule has 0 aromatic carbocycles. The van der Waals surface area contributed by atoms with Gasteiger partial charge in [0, 0.05) is 7.05 Å². The van der Waals surface area contributed by atoms with E-state index in [-0.39, 0.29) is 17.2 Å². The van der Waals surface area contributed by atoms with E-state index < -0.39 is 6.43 Å². The zero-order valence-corrected chi connectivity index (χ0v) is 6.78. The summed E-state index contributed by atoms with van der Waals surface area (Å²) in [4.78, 5) is 0. The van der Waals surface area contributed by atoms with Gasteiger partial charge >= 0.3 is 0 Å². The van der Waals surface area contributed by atoms with Gasteiger partial charge in [-0.15, -0.1) is 0 Å². The third kappa shape index (κ3) is 1.74. The van der Waals surface area contributed by atoms with Gasteiger partial charge in [0.1, 0.15) is 11.4 Å². The number of alkyl halides is 2. The molecule has 5 nitrogen and oxygen atoms in total. The lowest BCUT2D eigenvalue weighted by atomic mass is 10.3. The van der Waals surface area contributed by atoms with Gasteiger partial charge in [-0.2, -0.15) is 5.10 Å². The second-order valence-corrected chi connectivity index (χ2v) is 2.36. The van der Waals surface area contributed by atoms with Crippen LogP contribution >= 0.6 is 0 Å². The molecule has 3 N–H and O–H groups in total. The maximum absolute atomic E-state index is 12.2. The normalized spacial score (nSPS) is 12.5. The lowest BCUT2D eigenvalue weighted by Crippen LogP contribution is -2.13. The maximum atomic E-state index is 12.2. The first-order chi connectivity index (χ1) is 6.06. The summed E-state index contributed by atoms with van der Waals surface area (Å²) >= 11 is 0. The molecule has 1 aromatic rings. The van der Waals surface area contributed by atoms with Crippen molar-refractivity contribution >= 4 is 5.84 Å². The molecule has 0 aliphatic carbocycles. The predicted molar refractivity (Wildman–Crippen MR) is 40.7 cm³/mol. The van der Waals surface area contributed by atoms with E-state index >= 15 is 0 Å². The van der Waals surface area contributed by atoms with E-state index in [1.165, 1.54) is 7.05 Å². The van der Waals surface area contributed by atoms with Crippen molar-refractivity contribution in [3.8, 4) is 0 Å². The number of rotatable bonds is 2. The highest BCUT2D eigenvalue weighted by Gasteiger charge is 2.15. The molecule has 0 aliphatic heterocycles. The zero-order valence-electron chi connectivity index (χ0n) is 6.78. The van der Waals surface area contributed by atoms with Crippen LogP contribution in [0.4, 0.5) is 8.78 Å². The summed E-state index contributed by atoms with van der Waals surface area (Å²) in [7, 11) is 1.36. The summed E-state index contributed by atoms with van der Waals surface area (Å²) in [6.45, 7) is 0. The minimum absolute atomic E-state index is 0.0281. The van der Waals surface area contributed by atoms with Crippen molar-refractivity contribution in [2.75, 3.05) is 0 Å². The van der Waals surface area contributed by atoms with Gasteiger partial charge in [-0.25, -0.2) is 8.78 Å². The number of hydrogen-bond donors (Lipinski definition) is 2. The van der Waals surface area contributed by atoms with Crippen LogP contribution in [-0.2, 0) is 7.05 Å². The minimum Gasteiger partial charge on any atom is -0.409 e. The van der Waals surface area contributed by atoms with E-state index in [0.29, 0.717) is 0 Å². The molecular weight excluding hydrogens is 182 g/mol. The number of nitrogens with zero attached hydrogens (tertiary/aromatic N) is 3. The SMILES string of the molecule is Cn1nc(/C(N)=N\O)cc1C(F)F. The summed E-state index contributed by atoms with van der Waals surface area (Å²) in [5, 5.41) is 14.5. The van der Waals surface area contributed by atoms with Crippen molar-refractivity contribution in [1.29, 1.82) is 0 Å². The predicted octanol–water partition coefficient (Wildman–Crippen LogP) is 0.452. The Morgan fingerprint density at radius 2 is 2.38 bits per heavy atom. The Balaban J connectivity index is 3.09. The molecule has 1 heterocycles. The molecule has 7 heteroatoms. The number of aryl methyl sites for hydroxylation is 1. The molecule has 0 atom stereocenters. The van der Waals surface area contributed by atoms with Crippen LogP contribution in [0.15, 0.2) is 11.2 Å². The number of halogens is 2. The van der Waals surface area contributed by atoms with Crippen molar-refractivity contribution in [2.24, 2.45) is 17.9 Å². The Hall–Kier alpha value is -1.66. The van der Waals surface area contributed by atoms with Crippen LogP contribution in [0.5, 0.6) is 0 Å². The second-order valence-electron chi connectivity index (χ2n) is 2.36. The Morgan fingerprint density at radius 1 is 1.77 bits per heavy atom. The van der Waals surface area contributed by atoms with E-state index in [2.05, 4.69) is 10.3 Å². The van der Waals surface area contributed by atoms with Gasteiger partial charge in [0.2, 0.25) is 0 Å². The van der Waals surface area contributed by atoms with Crippen molar-refractivity contribution in [3.63, 3.8) is 0 Å². The van der Waals surface area contributed by atoms with Crippen LogP contribution in [0.25, 0.3) is 0 Å². The lowest BCUT2D eigenvalue weighted by molar-refractivity contribution is 0.141. The van der Waals surface area contributed by atoms with E-state index in [1.54, 1.807) is 0 Å². The average Bonchev–Trinajstić information content (AvgIpc) is 2.46. The van der Waals surface area contributed by atoms with E-state index in [9.17, 15) is 8.78 Å². The van der Waals surface area contributed by atoms with Gasteiger partial charge in [-0.3, -0.25) is 4.68 Å². The van der Waals surface area contributed by atoms with Crippen LogP contribution in [-0.4, -0.2) is 20.8 Å². The number of nitrogens with two attached hydrogens (primary N) is 1. The Morgan fingerprint density at radius 3 is 2.77 bits per heavy atom. The summed E-state index contributed by atoms with van der Waals surface area (Å²) in [5.41, 5.74) is 4.91. The van der Waals surface area contributed by atoms with Gasteiger partial charge in [0.05, 0.1) is 0 Å². The summed E-state index contributed by atoms with van der Waals surface area (Å²) in [6.07, 6.45) is -2.63. The maximum Gasteiger partial charge on any atom is 0.280 e. The van der Waals surface area contributed by atoms with Crippen molar-refractivity contribution < 1.29 is 14.0 Å². The molecule has 13 heavy (non-hydrogen) atoms. The Kier molecular flexibility index (Phi) is 2.45. The van der Waals surface area contributed by atoms with Gasteiger partial charge < -0.3 is 10.9 Å². The standard InChI is InChI=1S/C6H8F2N4O/c1-12-4(5(7)8)2-3(10-12)6(9)11-13/h2,5,13H,1H3,(H2,9,11). The van der Waals surface area contributed by atoms with Crippen molar-refractivity contribution in [2.45, 2.75) is 6.43 Å². The van der Waals surface area contributed by atoms with Crippen LogP contribution in [0.3, 0.4) is 0 Å². The topological polar surface area (TPSA) is 76.4 Å². The number of oxime groups is 1. The fourth-order valence-corrected chi connectivity index (χ4v) is 0.862. The molecule has 0 aliphatic rings. The van der Waals surface area contributed by atoms with E-state index in [4.69, 9.17) is 10.9 Å². The quantitative estimate of drug-likeness (QED) is 0.307. The fourth-order valence-electron chi connectivity index (χ4n) is 0.862. The van der Waals surface area contributed by atoms with Crippen molar-refractivity contribution in [1.82, 2.24) is 9.78 Å². The molecule has 0 radical (unpaired) electrons. The highest BCUT2D eigenvalue weighted by molar-refractivity contribution is 5.95. The fraction of sp³-hybridized carbons (Fsp3) is 0.333. The molecule has 0 saturated heterocycles. The Labute approximate surface area is 72.4 Å². The zero-order chi connectivity index (χ0) is 10.0.